The van der Waals surface area contributed by atoms with Crippen LogP contribution in [0.5, 0.6) is 0 Å². The van der Waals surface area contributed by atoms with Crippen LogP contribution in [-0.2, 0) is 0 Å². The van der Waals surface area contributed by atoms with Gasteiger partial charge in [-0.3, -0.25) is 4.79 Å². The molecule has 2 N–H and O–H groups in total. The topological polar surface area (TPSA) is 41.1 Å². The molecule has 110 valence electrons. The first kappa shape index (κ1) is 14.9. The lowest BCUT2D eigenvalue weighted by Gasteiger charge is -2.27. The van der Waals surface area contributed by atoms with Gasteiger partial charge in [-0.15, -0.1) is 0 Å². The summed E-state index contributed by atoms with van der Waals surface area (Å²) in [4.78, 5) is 11.6. The predicted octanol–water partition coefficient (Wildman–Crippen LogP) is 3.59. The SMILES string of the molecule is CNC(=O)c1ccc(NCC2CCCC(C)C2)c(C)c1. The molecule has 0 aliphatic heterocycles. The molecule has 1 amide bonds. The fourth-order valence-electron chi connectivity index (χ4n) is 3.15. The average molecular weight is 274 g/mol. The molecular weight excluding hydrogens is 248 g/mol. The Kier molecular flexibility index (Phi) is 5.05. The summed E-state index contributed by atoms with van der Waals surface area (Å²) in [5, 5.41) is 6.21. The van der Waals surface area contributed by atoms with E-state index < -0.39 is 0 Å². The van der Waals surface area contributed by atoms with Gasteiger partial charge in [0.15, 0.2) is 0 Å². The molecule has 1 saturated carbocycles. The minimum Gasteiger partial charge on any atom is -0.385 e. The van der Waals surface area contributed by atoms with Crippen molar-refractivity contribution in [3.63, 3.8) is 0 Å². The lowest BCUT2D eigenvalue weighted by Crippen LogP contribution is -2.21. The number of hydrogen-bond donors (Lipinski definition) is 2. The number of nitrogens with one attached hydrogen (secondary N) is 2. The molecule has 1 aliphatic carbocycles. The molecule has 1 fully saturated rings. The van der Waals surface area contributed by atoms with E-state index in [2.05, 4.69) is 24.5 Å². The highest BCUT2D eigenvalue weighted by Crippen LogP contribution is 2.29. The Morgan fingerprint density at radius 2 is 2.15 bits per heavy atom. The second-order valence-corrected chi connectivity index (χ2v) is 6.13. The Hall–Kier alpha value is -1.51. The number of carbonyl (C=O) groups excluding carboxylic acids is 1. The van der Waals surface area contributed by atoms with Crippen molar-refractivity contribution in [3.8, 4) is 0 Å². The molecule has 20 heavy (non-hydrogen) atoms. The molecule has 3 heteroatoms. The fourth-order valence-corrected chi connectivity index (χ4v) is 3.15. The number of anilines is 1. The molecule has 1 aromatic rings. The second kappa shape index (κ2) is 6.78. The Morgan fingerprint density at radius 3 is 2.80 bits per heavy atom. The van der Waals surface area contributed by atoms with Gasteiger partial charge in [0.1, 0.15) is 0 Å². The van der Waals surface area contributed by atoms with Crippen molar-refractivity contribution in [2.24, 2.45) is 11.8 Å². The van der Waals surface area contributed by atoms with Gasteiger partial charge in [0.2, 0.25) is 0 Å². The molecule has 0 aromatic heterocycles. The van der Waals surface area contributed by atoms with Crippen molar-refractivity contribution in [1.82, 2.24) is 5.32 Å². The van der Waals surface area contributed by atoms with Gasteiger partial charge in [-0.25, -0.2) is 0 Å². The van der Waals surface area contributed by atoms with Crippen LogP contribution >= 0.6 is 0 Å². The summed E-state index contributed by atoms with van der Waals surface area (Å²) >= 11 is 0. The number of benzene rings is 1. The number of amides is 1. The van der Waals surface area contributed by atoms with Crippen molar-refractivity contribution in [2.75, 3.05) is 18.9 Å². The average Bonchev–Trinajstić information content (AvgIpc) is 2.45. The molecule has 3 nitrogen and oxygen atoms in total. The largest absolute Gasteiger partial charge is 0.385 e. The molecule has 0 heterocycles. The lowest BCUT2D eigenvalue weighted by atomic mass is 9.82. The lowest BCUT2D eigenvalue weighted by molar-refractivity contribution is 0.0963. The molecule has 2 rings (SSSR count). The zero-order valence-corrected chi connectivity index (χ0v) is 12.8. The van der Waals surface area contributed by atoms with Crippen LogP contribution in [0.4, 0.5) is 5.69 Å². The van der Waals surface area contributed by atoms with E-state index in [1.54, 1.807) is 7.05 Å². The fraction of sp³-hybridized carbons (Fsp3) is 0.588. The Bertz CT molecular complexity index is 470. The van der Waals surface area contributed by atoms with Crippen LogP contribution < -0.4 is 10.6 Å². The summed E-state index contributed by atoms with van der Waals surface area (Å²) < 4.78 is 0. The van der Waals surface area contributed by atoms with Crippen LogP contribution in [0.3, 0.4) is 0 Å². The van der Waals surface area contributed by atoms with Crippen molar-refractivity contribution < 1.29 is 4.79 Å². The van der Waals surface area contributed by atoms with Gasteiger partial charge in [-0.05, 0) is 55.4 Å². The van der Waals surface area contributed by atoms with Crippen LogP contribution in [0.2, 0.25) is 0 Å². The summed E-state index contributed by atoms with van der Waals surface area (Å²) in [7, 11) is 1.66. The van der Waals surface area contributed by atoms with E-state index in [9.17, 15) is 4.79 Å². The quantitative estimate of drug-likeness (QED) is 0.881. The molecule has 0 spiro atoms. The zero-order chi connectivity index (χ0) is 14.5. The Balaban J connectivity index is 1.94. The minimum atomic E-state index is -0.0271. The molecule has 0 saturated heterocycles. The molecule has 0 bridgehead atoms. The number of rotatable bonds is 4. The van der Waals surface area contributed by atoms with Gasteiger partial charge < -0.3 is 10.6 Å². The molecule has 1 aromatic carbocycles. The maximum Gasteiger partial charge on any atom is 0.251 e. The third-order valence-electron chi connectivity index (χ3n) is 4.34. The second-order valence-electron chi connectivity index (χ2n) is 6.13. The molecular formula is C17H26N2O. The van der Waals surface area contributed by atoms with E-state index >= 15 is 0 Å². The van der Waals surface area contributed by atoms with E-state index in [1.807, 2.05) is 18.2 Å². The van der Waals surface area contributed by atoms with Gasteiger partial charge in [-0.2, -0.15) is 0 Å². The summed E-state index contributed by atoms with van der Waals surface area (Å²) in [6.45, 7) is 5.46. The minimum absolute atomic E-state index is 0.0271. The normalized spacial score (nSPS) is 22.4. The Labute approximate surface area is 122 Å². The van der Waals surface area contributed by atoms with Gasteiger partial charge in [0.05, 0.1) is 0 Å². The maximum atomic E-state index is 11.6. The van der Waals surface area contributed by atoms with Gasteiger partial charge in [0, 0.05) is 24.8 Å². The van der Waals surface area contributed by atoms with Gasteiger partial charge in [-0.1, -0.05) is 19.8 Å². The third kappa shape index (κ3) is 3.75. The van der Waals surface area contributed by atoms with E-state index in [0.29, 0.717) is 0 Å². The third-order valence-corrected chi connectivity index (χ3v) is 4.34. The van der Waals surface area contributed by atoms with Crippen LogP contribution in [0.1, 0.15) is 48.5 Å². The first-order valence-corrected chi connectivity index (χ1v) is 7.66. The van der Waals surface area contributed by atoms with Crippen molar-refractivity contribution in [1.29, 1.82) is 0 Å². The summed E-state index contributed by atoms with van der Waals surface area (Å²) in [5.41, 5.74) is 3.01. The van der Waals surface area contributed by atoms with Crippen molar-refractivity contribution in [2.45, 2.75) is 39.5 Å². The predicted molar refractivity (Wildman–Crippen MR) is 84.2 cm³/mol. The van der Waals surface area contributed by atoms with Crippen molar-refractivity contribution >= 4 is 11.6 Å². The highest BCUT2D eigenvalue weighted by Gasteiger charge is 2.18. The highest BCUT2D eigenvalue weighted by molar-refractivity contribution is 5.94. The van der Waals surface area contributed by atoms with Crippen LogP contribution in [0.15, 0.2) is 18.2 Å². The number of carbonyl (C=O) groups is 1. The first-order chi connectivity index (χ1) is 9.60. The molecule has 0 radical (unpaired) electrons. The summed E-state index contributed by atoms with van der Waals surface area (Å²) in [6, 6.07) is 5.86. The van der Waals surface area contributed by atoms with E-state index in [1.165, 1.54) is 25.7 Å². The monoisotopic (exact) mass is 274 g/mol. The zero-order valence-electron chi connectivity index (χ0n) is 12.8. The van der Waals surface area contributed by atoms with Crippen molar-refractivity contribution in [3.05, 3.63) is 29.3 Å². The molecule has 1 aliphatic rings. The number of aryl methyl sites for hydroxylation is 1. The Morgan fingerprint density at radius 1 is 1.35 bits per heavy atom. The molecule has 2 unspecified atom stereocenters. The van der Waals surface area contributed by atoms with Gasteiger partial charge >= 0.3 is 0 Å². The molecule has 2 atom stereocenters. The van der Waals surface area contributed by atoms with E-state index in [0.717, 1.165) is 35.2 Å². The van der Waals surface area contributed by atoms with Crippen LogP contribution in [0, 0.1) is 18.8 Å². The first-order valence-electron chi connectivity index (χ1n) is 7.66. The van der Waals surface area contributed by atoms with E-state index in [4.69, 9.17) is 0 Å². The van der Waals surface area contributed by atoms with Crippen LogP contribution in [-0.4, -0.2) is 19.5 Å². The van der Waals surface area contributed by atoms with Crippen LogP contribution in [0.25, 0.3) is 0 Å². The maximum absolute atomic E-state index is 11.6. The standard InChI is InChI=1S/C17H26N2O/c1-12-5-4-6-14(9-12)11-19-16-8-7-15(10-13(16)2)17(20)18-3/h7-8,10,12,14,19H,4-6,9,11H2,1-3H3,(H,18,20). The summed E-state index contributed by atoms with van der Waals surface area (Å²) in [5.74, 6) is 1.63. The van der Waals surface area contributed by atoms with Gasteiger partial charge in [0.25, 0.3) is 5.91 Å². The smallest absolute Gasteiger partial charge is 0.251 e. The van der Waals surface area contributed by atoms with E-state index in [-0.39, 0.29) is 5.91 Å². The summed E-state index contributed by atoms with van der Waals surface area (Å²) in [6.07, 6.45) is 5.42. The number of hydrogen-bond acceptors (Lipinski definition) is 2. The highest BCUT2D eigenvalue weighted by atomic mass is 16.1.